The molecule has 0 spiro atoms. The molecule has 2 rings (SSSR count). The van der Waals surface area contributed by atoms with Crippen LogP contribution in [0.15, 0.2) is 28.3 Å². The Labute approximate surface area is 125 Å². The van der Waals surface area contributed by atoms with Crippen molar-refractivity contribution >= 4 is 11.8 Å². The van der Waals surface area contributed by atoms with Crippen LogP contribution in [0.4, 0.5) is 0 Å². The summed E-state index contributed by atoms with van der Waals surface area (Å²) >= 11 is 1.66. The second kappa shape index (κ2) is 6.90. The lowest BCUT2D eigenvalue weighted by Gasteiger charge is -2.09. The average molecular weight is 290 g/mol. The van der Waals surface area contributed by atoms with E-state index in [0.29, 0.717) is 0 Å². The Morgan fingerprint density at radius 2 is 2.05 bits per heavy atom. The maximum atomic E-state index is 4.19. The number of nitrogens with zero attached hydrogens (tertiary/aromatic N) is 3. The molecule has 0 fully saturated rings. The zero-order valence-electron chi connectivity index (χ0n) is 12.6. The number of nitrogens with one attached hydrogen (secondary N) is 1. The maximum Gasteiger partial charge on any atom is 0.195 e. The van der Waals surface area contributed by atoms with Crippen molar-refractivity contribution in [3.05, 3.63) is 35.2 Å². The molecule has 4 nitrogen and oxygen atoms in total. The first-order valence-electron chi connectivity index (χ1n) is 6.96. The van der Waals surface area contributed by atoms with Crippen LogP contribution in [0.2, 0.25) is 0 Å². The summed E-state index contributed by atoms with van der Waals surface area (Å²) in [5, 5.41) is 12.6. The Kier molecular flexibility index (Phi) is 5.20. The van der Waals surface area contributed by atoms with Crippen molar-refractivity contribution in [3.63, 3.8) is 0 Å². The zero-order chi connectivity index (χ0) is 14.5. The van der Waals surface area contributed by atoms with Crippen molar-refractivity contribution in [2.75, 3.05) is 6.54 Å². The molecular formula is C15H22N4S. The van der Waals surface area contributed by atoms with Gasteiger partial charge >= 0.3 is 0 Å². The predicted octanol–water partition coefficient (Wildman–Crippen LogP) is 3.08. The second-order valence-electron chi connectivity index (χ2n) is 4.96. The molecule has 0 radical (unpaired) electrons. The van der Waals surface area contributed by atoms with Crippen molar-refractivity contribution < 1.29 is 0 Å². The molecule has 0 amide bonds. The maximum absolute atomic E-state index is 4.19. The van der Waals surface area contributed by atoms with Gasteiger partial charge < -0.3 is 9.88 Å². The lowest BCUT2D eigenvalue weighted by molar-refractivity contribution is 0.673. The standard InChI is InChI=1S/C15H22N4S/c1-5-8-16-10-13-6-7-14(9-11(13)2)20-15-18-17-12(3)19(15)4/h6-7,9,16H,5,8,10H2,1-4H3. The van der Waals surface area contributed by atoms with Crippen LogP contribution in [0.25, 0.3) is 0 Å². The minimum Gasteiger partial charge on any atom is -0.313 e. The fourth-order valence-corrected chi connectivity index (χ4v) is 2.85. The van der Waals surface area contributed by atoms with Gasteiger partial charge in [0.25, 0.3) is 0 Å². The Bertz CT molecular complexity index is 577. The summed E-state index contributed by atoms with van der Waals surface area (Å²) in [6.45, 7) is 8.31. The van der Waals surface area contributed by atoms with Gasteiger partial charge in [0.05, 0.1) is 0 Å². The first-order valence-corrected chi connectivity index (χ1v) is 7.77. The van der Waals surface area contributed by atoms with E-state index in [1.54, 1.807) is 11.8 Å². The predicted molar refractivity (Wildman–Crippen MR) is 83.0 cm³/mol. The highest BCUT2D eigenvalue weighted by atomic mass is 32.2. The van der Waals surface area contributed by atoms with Gasteiger partial charge in [-0.25, -0.2) is 0 Å². The van der Waals surface area contributed by atoms with E-state index < -0.39 is 0 Å². The van der Waals surface area contributed by atoms with Crippen LogP contribution in [-0.2, 0) is 13.6 Å². The quantitative estimate of drug-likeness (QED) is 0.830. The van der Waals surface area contributed by atoms with Crippen LogP contribution >= 0.6 is 11.8 Å². The van der Waals surface area contributed by atoms with Gasteiger partial charge in [0.2, 0.25) is 0 Å². The van der Waals surface area contributed by atoms with Crippen molar-refractivity contribution in [1.82, 2.24) is 20.1 Å². The number of rotatable bonds is 6. The number of hydrogen-bond acceptors (Lipinski definition) is 4. The van der Waals surface area contributed by atoms with Gasteiger partial charge in [0.15, 0.2) is 5.16 Å². The fourth-order valence-electron chi connectivity index (χ4n) is 1.91. The lowest BCUT2D eigenvalue weighted by Crippen LogP contribution is -2.14. The molecule has 1 N–H and O–H groups in total. The van der Waals surface area contributed by atoms with Gasteiger partial charge in [-0.15, -0.1) is 10.2 Å². The van der Waals surface area contributed by atoms with Gasteiger partial charge in [-0.3, -0.25) is 0 Å². The topological polar surface area (TPSA) is 42.7 Å². The van der Waals surface area contributed by atoms with E-state index in [-0.39, 0.29) is 0 Å². The second-order valence-corrected chi connectivity index (χ2v) is 6.00. The van der Waals surface area contributed by atoms with Crippen LogP contribution < -0.4 is 5.32 Å². The number of aromatic nitrogens is 3. The molecule has 1 heterocycles. The van der Waals surface area contributed by atoms with E-state index in [9.17, 15) is 0 Å². The molecule has 5 heteroatoms. The van der Waals surface area contributed by atoms with Gasteiger partial charge in [0.1, 0.15) is 5.82 Å². The third-order valence-corrected chi connectivity index (χ3v) is 4.35. The summed E-state index contributed by atoms with van der Waals surface area (Å²) in [5.74, 6) is 0.935. The molecule has 0 bridgehead atoms. The van der Waals surface area contributed by atoms with E-state index in [0.717, 1.165) is 24.1 Å². The van der Waals surface area contributed by atoms with Crippen molar-refractivity contribution in [1.29, 1.82) is 0 Å². The first kappa shape index (κ1) is 15.1. The molecular weight excluding hydrogens is 268 g/mol. The summed E-state index contributed by atoms with van der Waals surface area (Å²) in [6.07, 6.45) is 1.17. The molecule has 108 valence electrons. The molecule has 0 aliphatic rings. The minimum atomic E-state index is 0.929. The molecule has 0 atom stereocenters. The van der Waals surface area contributed by atoms with E-state index in [1.807, 2.05) is 18.5 Å². The Hall–Kier alpha value is -1.33. The molecule has 20 heavy (non-hydrogen) atoms. The van der Waals surface area contributed by atoms with E-state index in [4.69, 9.17) is 0 Å². The number of aryl methyl sites for hydroxylation is 2. The van der Waals surface area contributed by atoms with Gasteiger partial charge in [-0.2, -0.15) is 0 Å². The monoisotopic (exact) mass is 290 g/mol. The van der Waals surface area contributed by atoms with Gasteiger partial charge in [0, 0.05) is 18.5 Å². The van der Waals surface area contributed by atoms with Crippen LogP contribution in [-0.4, -0.2) is 21.3 Å². The number of hydrogen-bond donors (Lipinski definition) is 1. The Morgan fingerprint density at radius 1 is 1.25 bits per heavy atom. The first-order chi connectivity index (χ1) is 9.61. The molecule has 0 saturated carbocycles. The van der Waals surface area contributed by atoms with E-state index in [2.05, 4.69) is 47.6 Å². The average Bonchev–Trinajstić information content (AvgIpc) is 2.73. The molecule has 1 aromatic heterocycles. The zero-order valence-corrected chi connectivity index (χ0v) is 13.4. The summed E-state index contributed by atoms with van der Waals surface area (Å²) in [6, 6.07) is 6.58. The highest BCUT2D eigenvalue weighted by Gasteiger charge is 2.08. The van der Waals surface area contributed by atoms with Crippen molar-refractivity contribution in [2.24, 2.45) is 7.05 Å². The van der Waals surface area contributed by atoms with Crippen LogP contribution in [0, 0.1) is 13.8 Å². The molecule has 0 unspecified atom stereocenters. The highest BCUT2D eigenvalue weighted by molar-refractivity contribution is 7.99. The fraction of sp³-hybridized carbons (Fsp3) is 0.467. The van der Waals surface area contributed by atoms with Crippen LogP contribution in [0.5, 0.6) is 0 Å². The molecule has 0 aliphatic heterocycles. The third kappa shape index (κ3) is 3.61. The van der Waals surface area contributed by atoms with Gasteiger partial charge in [-0.1, -0.05) is 13.0 Å². The summed E-state index contributed by atoms with van der Waals surface area (Å²) < 4.78 is 2.01. The smallest absolute Gasteiger partial charge is 0.195 e. The van der Waals surface area contributed by atoms with Crippen LogP contribution in [0.1, 0.15) is 30.3 Å². The van der Waals surface area contributed by atoms with Crippen molar-refractivity contribution in [3.8, 4) is 0 Å². The Balaban J connectivity index is 2.07. The van der Waals surface area contributed by atoms with E-state index >= 15 is 0 Å². The minimum absolute atomic E-state index is 0.929. The SMILES string of the molecule is CCCNCc1ccc(Sc2nnc(C)n2C)cc1C. The number of benzene rings is 1. The lowest BCUT2D eigenvalue weighted by atomic mass is 10.1. The third-order valence-electron chi connectivity index (χ3n) is 3.32. The molecule has 0 saturated heterocycles. The summed E-state index contributed by atoms with van der Waals surface area (Å²) in [4.78, 5) is 1.21. The van der Waals surface area contributed by atoms with Crippen LogP contribution in [0.3, 0.4) is 0 Å². The van der Waals surface area contributed by atoms with Gasteiger partial charge in [-0.05, 0) is 61.8 Å². The molecule has 2 aromatic rings. The molecule has 0 aliphatic carbocycles. The largest absolute Gasteiger partial charge is 0.313 e. The van der Waals surface area contributed by atoms with Crippen molar-refractivity contribution in [2.45, 2.75) is 43.8 Å². The normalized spacial score (nSPS) is 11.0. The van der Waals surface area contributed by atoms with E-state index in [1.165, 1.54) is 22.4 Å². The summed E-state index contributed by atoms with van der Waals surface area (Å²) in [7, 11) is 1.99. The highest BCUT2D eigenvalue weighted by Crippen LogP contribution is 2.27. The Morgan fingerprint density at radius 3 is 2.65 bits per heavy atom. The molecule has 1 aromatic carbocycles. The summed E-state index contributed by atoms with van der Waals surface area (Å²) in [5.41, 5.74) is 2.68.